The van der Waals surface area contributed by atoms with Gasteiger partial charge in [-0.25, -0.2) is 0 Å². The molecule has 0 N–H and O–H groups in total. The lowest BCUT2D eigenvalue weighted by Crippen LogP contribution is -2.14. The van der Waals surface area contributed by atoms with E-state index in [1.165, 1.54) is 97.3 Å². The Bertz CT molecular complexity index is 3360. The van der Waals surface area contributed by atoms with Gasteiger partial charge in [0.05, 0.1) is 11.0 Å². The monoisotopic (exact) mass is 707 g/mol. The minimum atomic E-state index is -0.127. The third-order valence-corrected chi connectivity index (χ3v) is 13.2. The van der Waals surface area contributed by atoms with Crippen LogP contribution in [0.1, 0.15) is 25.0 Å². The summed E-state index contributed by atoms with van der Waals surface area (Å²) in [5, 5.41) is 7.49. The molecular weight excluding hydrogens is 675 g/mol. The van der Waals surface area contributed by atoms with Crippen molar-refractivity contribution in [3.63, 3.8) is 0 Å². The molecule has 1 aliphatic carbocycles. The predicted molar refractivity (Wildman–Crippen MR) is 229 cm³/mol. The van der Waals surface area contributed by atoms with Crippen LogP contribution in [0, 0.1) is 0 Å². The maximum atomic E-state index is 6.63. The lowest BCUT2D eigenvalue weighted by Gasteiger charge is -2.21. The quantitative estimate of drug-likeness (QED) is 0.179. The number of hydrogen-bond donors (Lipinski definition) is 0. The van der Waals surface area contributed by atoms with E-state index in [0.29, 0.717) is 0 Å². The van der Waals surface area contributed by atoms with Crippen molar-refractivity contribution in [2.24, 2.45) is 0 Å². The molecular formula is C51H33NOS. The molecule has 0 radical (unpaired) electrons. The lowest BCUT2D eigenvalue weighted by atomic mass is 9.82. The largest absolute Gasteiger partial charge is 0.455 e. The van der Waals surface area contributed by atoms with Gasteiger partial charge in [0.15, 0.2) is 0 Å². The maximum absolute atomic E-state index is 6.63. The van der Waals surface area contributed by atoms with Crippen molar-refractivity contribution in [1.82, 2.24) is 4.57 Å². The molecule has 11 aromatic rings. The smallest absolute Gasteiger partial charge is 0.143 e. The Morgan fingerprint density at radius 2 is 1.06 bits per heavy atom. The van der Waals surface area contributed by atoms with E-state index < -0.39 is 0 Å². The topological polar surface area (TPSA) is 18.1 Å². The van der Waals surface area contributed by atoms with Crippen molar-refractivity contribution in [2.45, 2.75) is 19.3 Å². The second-order valence-electron chi connectivity index (χ2n) is 15.3. The average molecular weight is 708 g/mol. The molecule has 0 aliphatic heterocycles. The molecule has 0 bridgehead atoms. The number of aromatic nitrogens is 1. The normalized spacial score (nSPS) is 13.5. The van der Waals surface area contributed by atoms with Gasteiger partial charge < -0.3 is 8.98 Å². The second-order valence-corrected chi connectivity index (χ2v) is 16.4. The summed E-state index contributed by atoms with van der Waals surface area (Å²) in [6, 6.07) is 60.4. The molecule has 0 saturated carbocycles. The summed E-state index contributed by atoms with van der Waals surface area (Å²) in [6.45, 7) is 4.68. The zero-order valence-electron chi connectivity index (χ0n) is 29.9. The van der Waals surface area contributed by atoms with Crippen LogP contribution in [0.15, 0.2) is 168 Å². The number of benzene rings is 8. The standard InChI is InChI=1S/C51H33NOS/c1-51(2)42-21-16-30(29-41(42)49-43(51)22-20-37-35-12-6-8-14-46(35)53-50(37)49)31-17-23-44-38(26-31)39-27-32(18-24-45(39)52(44)34-10-4-3-5-11-34)33-19-25-48-40(28-33)36-13-7-9-15-47(36)54-48/h3-29H,1-2H3. The minimum Gasteiger partial charge on any atom is -0.455 e. The first kappa shape index (κ1) is 30.1. The van der Waals surface area contributed by atoms with Crippen LogP contribution in [-0.4, -0.2) is 4.57 Å². The molecule has 254 valence electrons. The number of rotatable bonds is 3. The van der Waals surface area contributed by atoms with Crippen LogP contribution in [-0.2, 0) is 5.41 Å². The molecule has 0 spiro atoms. The fraction of sp³-hybridized carbons (Fsp3) is 0.0588. The van der Waals surface area contributed by atoms with Gasteiger partial charge in [0, 0.05) is 58.4 Å². The van der Waals surface area contributed by atoms with E-state index in [1.54, 1.807) is 0 Å². The van der Waals surface area contributed by atoms with Crippen molar-refractivity contribution in [3.05, 3.63) is 175 Å². The molecule has 8 aromatic carbocycles. The summed E-state index contributed by atoms with van der Waals surface area (Å²) in [7, 11) is 0. The first-order valence-corrected chi connectivity index (χ1v) is 19.5. The fourth-order valence-electron chi connectivity index (χ4n) is 9.34. The molecule has 3 heteroatoms. The molecule has 0 amide bonds. The Morgan fingerprint density at radius 1 is 0.463 bits per heavy atom. The van der Waals surface area contributed by atoms with Crippen LogP contribution >= 0.6 is 11.3 Å². The van der Waals surface area contributed by atoms with Gasteiger partial charge in [0.1, 0.15) is 11.2 Å². The van der Waals surface area contributed by atoms with Gasteiger partial charge in [-0.3, -0.25) is 0 Å². The summed E-state index contributed by atoms with van der Waals surface area (Å²) in [4.78, 5) is 0. The van der Waals surface area contributed by atoms with Gasteiger partial charge in [0.2, 0.25) is 0 Å². The van der Waals surface area contributed by atoms with Crippen LogP contribution in [0.2, 0.25) is 0 Å². The highest BCUT2D eigenvalue weighted by Gasteiger charge is 2.38. The third-order valence-electron chi connectivity index (χ3n) is 12.0. The van der Waals surface area contributed by atoms with E-state index in [0.717, 1.165) is 16.9 Å². The Kier molecular flexibility index (Phi) is 6.03. The van der Waals surface area contributed by atoms with E-state index in [1.807, 2.05) is 11.3 Å². The number of fused-ring (bicyclic) bond motifs is 13. The molecule has 0 unspecified atom stereocenters. The summed E-state index contributed by atoms with van der Waals surface area (Å²) in [5.41, 5.74) is 15.4. The van der Waals surface area contributed by atoms with Gasteiger partial charge in [-0.2, -0.15) is 0 Å². The predicted octanol–water partition coefficient (Wildman–Crippen LogP) is 14.7. The Labute approximate surface area is 316 Å². The van der Waals surface area contributed by atoms with Crippen molar-refractivity contribution >= 4 is 75.3 Å². The molecule has 12 rings (SSSR count). The Balaban J connectivity index is 1.06. The van der Waals surface area contributed by atoms with Gasteiger partial charge >= 0.3 is 0 Å². The van der Waals surface area contributed by atoms with Crippen LogP contribution < -0.4 is 0 Å². The molecule has 0 saturated heterocycles. The zero-order valence-corrected chi connectivity index (χ0v) is 30.7. The average Bonchev–Trinajstić information content (AvgIpc) is 3.94. The molecule has 2 nitrogen and oxygen atoms in total. The third kappa shape index (κ3) is 4.10. The van der Waals surface area contributed by atoms with Crippen molar-refractivity contribution in [3.8, 4) is 39.1 Å². The summed E-state index contributed by atoms with van der Waals surface area (Å²) >= 11 is 1.87. The van der Waals surface area contributed by atoms with E-state index >= 15 is 0 Å². The number of para-hydroxylation sites is 2. The van der Waals surface area contributed by atoms with Crippen molar-refractivity contribution in [2.75, 3.05) is 0 Å². The van der Waals surface area contributed by atoms with Crippen LogP contribution in [0.4, 0.5) is 0 Å². The highest BCUT2D eigenvalue weighted by atomic mass is 32.1. The first-order chi connectivity index (χ1) is 26.5. The Hall–Kier alpha value is -6.42. The first-order valence-electron chi connectivity index (χ1n) is 18.7. The molecule has 1 aliphatic rings. The number of nitrogens with zero attached hydrogens (tertiary/aromatic N) is 1. The van der Waals surface area contributed by atoms with Gasteiger partial charge in [-0.05, 0) is 106 Å². The van der Waals surface area contributed by atoms with Gasteiger partial charge in [-0.1, -0.05) is 111 Å². The fourth-order valence-corrected chi connectivity index (χ4v) is 10.4. The highest BCUT2D eigenvalue weighted by Crippen LogP contribution is 2.53. The second kappa shape index (κ2) is 10.8. The molecule has 0 fully saturated rings. The maximum Gasteiger partial charge on any atom is 0.143 e. The lowest BCUT2D eigenvalue weighted by molar-refractivity contribution is 0.653. The molecule has 3 aromatic heterocycles. The van der Waals surface area contributed by atoms with Crippen molar-refractivity contribution in [1.29, 1.82) is 0 Å². The van der Waals surface area contributed by atoms with Gasteiger partial charge in [0.25, 0.3) is 0 Å². The SMILES string of the molecule is CC1(C)c2ccc(-c3ccc4c(c3)c3cc(-c5ccc6sc7ccccc7c6c5)ccc3n4-c3ccccc3)cc2-c2c1ccc1c2oc2ccccc21. The van der Waals surface area contributed by atoms with Crippen molar-refractivity contribution < 1.29 is 4.42 Å². The summed E-state index contributed by atoms with van der Waals surface area (Å²) in [6.07, 6.45) is 0. The zero-order chi connectivity index (χ0) is 35.7. The molecule has 0 atom stereocenters. The van der Waals surface area contributed by atoms with Gasteiger partial charge in [-0.15, -0.1) is 11.3 Å². The van der Waals surface area contributed by atoms with Crippen LogP contribution in [0.5, 0.6) is 0 Å². The summed E-state index contributed by atoms with van der Waals surface area (Å²) in [5.74, 6) is 0. The van der Waals surface area contributed by atoms with Crippen LogP contribution in [0.25, 0.3) is 103 Å². The summed E-state index contributed by atoms with van der Waals surface area (Å²) < 4.78 is 11.7. The van der Waals surface area contributed by atoms with Crippen LogP contribution in [0.3, 0.4) is 0 Å². The molecule has 54 heavy (non-hydrogen) atoms. The number of thiophene rings is 1. The van der Waals surface area contributed by atoms with E-state index in [-0.39, 0.29) is 5.41 Å². The number of hydrogen-bond acceptors (Lipinski definition) is 2. The van der Waals surface area contributed by atoms with E-state index in [4.69, 9.17) is 4.42 Å². The van der Waals surface area contributed by atoms with E-state index in [2.05, 4.69) is 182 Å². The number of furan rings is 1. The Morgan fingerprint density at radius 3 is 1.83 bits per heavy atom. The van der Waals surface area contributed by atoms with E-state index in [9.17, 15) is 0 Å². The highest BCUT2D eigenvalue weighted by molar-refractivity contribution is 7.25. The molecule has 3 heterocycles. The minimum absolute atomic E-state index is 0.127.